The Morgan fingerprint density at radius 3 is 2.21 bits per heavy atom. The number of para-hydroxylation sites is 3. The van der Waals surface area contributed by atoms with Gasteiger partial charge in [0.05, 0.1) is 19.3 Å². The average molecular weight is 391 g/mol. The van der Waals surface area contributed by atoms with Gasteiger partial charge in [0.1, 0.15) is 11.5 Å². The van der Waals surface area contributed by atoms with E-state index >= 15 is 0 Å². The minimum atomic E-state index is -0.213. The van der Waals surface area contributed by atoms with Gasteiger partial charge in [-0.15, -0.1) is 0 Å². The van der Waals surface area contributed by atoms with E-state index in [0.717, 1.165) is 12.8 Å². The van der Waals surface area contributed by atoms with E-state index in [1.165, 1.54) is 0 Å². The quantitative estimate of drug-likeness (QED) is 0.460. The number of hydrogen-bond donors (Lipinski definition) is 1. The molecule has 3 rings (SSSR count). The van der Waals surface area contributed by atoms with E-state index in [2.05, 4.69) is 12.2 Å². The van der Waals surface area contributed by atoms with Gasteiger partial charge in [-0.1, -0.05) is 37.6 Å². The van der Waals surface area contributed by atoms with Gasteiger partial charge in [0.2, 0.25) is 0 Å². The Balaban J connectivity index is 1.66. The summed E-state index contributed by atoms with van der Waals surface area (Å²) in [5.74, 6) is 2.32. The molecule has 0 bridgehead atoms. The first-order chi connectivity index (χ1) is 14.2. The highest BCUT2D eigenvalue weighted by Crippen LogP contribution is 2.31. The molecule has 0 heterocycles. The molecule has 29 heavy (non-hydrogen) atoms. The lowest BCUT2D eigenvalue weighted by atomic mass is 10.2. The maximum Gasteiger partial charge on any atom is 0.259 e. The van der Waals surface area contributed by atoms with Crippen LogP contribution >= 0.6 is 0 Å². The molecule has 0 saturated carbocycles. The van der Waals surface area contributed by atoms with Gasteiger partial charge in [-0.25, -0.2) is 0 Å². The van der Waals surface area contributed by atoms with Crippen LogP contribution < -0.4 is 19.5 Å². The van der Waals surface area contributed by atoms with Crippen LogP contribution in [0.2, 0.25) is 0 Å². The molecule has 150 valence electrons. The van der Waals surface area contributed by atoms with Crippen molar-refractivity contribution in [1.29, 1.82) is 0 Å². The second-order valence-corrected chi connectivity index (χ2v) is 6.43. The summed E-state index contributed by atoms with van der Waals surface area (Å²) in [6.07, 6.45) is 1.99. The second kappa shape index (κ2) is 10.2. The van der Waals surface area contributed by atoms with Crippen LogP contribution in [-0.4, -0.2) is 19.6 Å². The van der Waals surface area contributed by atoms with Crippen molar-refractivity contribution in [3.05, 3.63) is 78.4 Å². The number of nitrogens with one attached hydrogen (secondary N) is 1. The monoisotopic (exact) mass is 391 g/mol. The summed E-state index contributed by atoms with van der Waals surface area (Å²) in [6.45, 7) is 2.69. The van der Waals surface area contributed by atoms with Crippen LogP contribution in [0.1, 0.15) is 30.1 Å². The zero-order chi connectivity index (χ0) is 20.5. The molecule has 0 fully saturated rings. The van der Waals surface area contributed by atoms with Gasteiger partial charge in [0, 0.05) is 5.69 Å². The van der Waals surface area contributed by atoms with Crippen molar-refractivity contribution in [2.75, 3.05) is 19.0 Å². The Kier molecular flexibility index (Phi) is 7.11. The number of carbonyl (C=O) groups is 1. The molecule has 0 atom stereocenters. The van der Waals surface area contributed by atoms with E-state index < -0.39 is 0 Å². The summed E-state index contributed by atoms with van der Waals surface area (Å²) in [6, 6.07) is 21.9. The van der Waals surface area contributed by atoms with Gasteiger partial charge in [-0.05, 0) is 55.0 Å². The van der Waals surface area contributed by atoms with Crippen molar-refractivity contribution in [2.45, 2.75) is 19.8 Å². The molecule has 1 amide bonds. The van der Waals surface area contributed by atoms with Crippen molar-refractivity contribution in [3.63, 3.8) is 0 Å². The zero-order valence-corrected chi connectivity index (χ0v) is 16.7. The van der Waals surface area contributed by atoms with E-state index in [1.54, 1.807) is 37.4 Å². The number of hydrogen-bond acceptors (Lipinski definition) is 4. The lowest BCUT2D eigenvalue weighted by molar-refractivity contribution is 0.102. The fourth-order valence-electron chi connectivity index (χ4n) is 2.74. The first kappa shape index (κ1) is 20.3. The normalized spacial score (nSPS) is 10.3. The molecular formula is C24H25NO4. The highest BCUT2D eigenvalue weighted by molar-refractivity contribution is 6.06. The van der Waals surface area contributed by atoms with E-state index in [0.29, 0.717) is 40.9 Å². The summed E-state index contributed by atoms with van der Waals surface area (Å²) in [7, 11) is 1.60. The van der Waals surface area contributed by atoms with Crippen molar-refractivity contribution < 1.29 is 19.0 Å². The molecule has 3 aromatic rings. The van der Waals surface area contributed by atoms with Gasteiger partial charge in [0.15, 0.2) is 11.5 Å². The number of ether oxygens (including phenoxy) is 3. The van der Waals surface area contributed by atoms with E-state index in [9.17, 15) is 4.79 Å². The molecule has 1 N–H and O–H groups in total. The third-order valence-electron chi connectivity index (χ3n) is 4.30. The Hall–Kier alpha value is -3.47. The standard InChI is InChI=1S/C24H25NO4/c1-3-4-17-28-21-10-6-5-9-20(21)24(26)25-18-13-15-19(16-14-18)29-23-12-8-7-11-22(23)27-2/h5-16H,3-4,17H2,1-2H3,(H,25,26). The SMILES string of the molecule is CCCCOc1ccccc1C(=O)Nc1ccc(Oc2ccccc2OC)cc1. The van der Waals surface area contributed by atoms with Gasteiger partial charge in [0.25, 0.3) is 5.91 Å². The fraction of sp³-hybridized carbons (Fsp3) is 0.208. The highest BCUT2D eigenvalue weighted by Gasteiger charge is 2.12. The average Bonchev–Trinajstić information content (AvgIpc) is 2.76. The molecule has 0 saturated heterocycles. The molecule has 0 aromatic heterocycles. The van der Waals surface area contributed by atoms with Crippen molar-refractivity contribution in [3.8, 4) is 23.0 Å². The lowest BCUT2D eigenvalue weighted by Gasteiger charge is -2.12. The molecule has 5 nitrogen and oxygen atoms in total. The summed E-state index contributed by atoms with van der Waals surface area (Å²) in [5, 5.41) is 2.90. The largest absolute Gasteiger partial charge is 0.493 e. The molecule has 0 aliphatic carbocycles. The van der Waals surface area contributed by atoms with Gasteiger partial charge >= 0.3 is 0 Å². The first-order valence-corrected chi connectivity index (χ1v) is 9.65. The number of benzene rings is 3. The molecule has 0 aliphatic heterocycles. The Morgan fingerprint density at radius 1 is 0.862 bits per heavy atom. The van der Waals surface area contributed by atoms with Gasteiger partial charge in [-0.2, -0.15) is 0 Å². The summed E-state index contributed by atoms with van der Waals surface area (Å²) in [5.41, 5.74) is 1.18. The van der Waals surface area contributed by atoms with Gasteiger partial charge in [-0.3, -0.25) is 4.79 Å². The number of anilines is 1. The summed E-state index contributed by atoms with van der Waals surface area (Å²) < 4.78 is 16.9. The maximum absolute atomic E-state index is 12.7. The number of methoxy groups -OCH3 is 1. The number of unbranched alkanes of at least 4 members (excludes halogenated alkanes) is 1. The molecule has 0 radical (unpaired) electrons. The maximum atomic E-state index is 12.7. The molecule has 0 aliphatic rings. The Bertz CT molecular complexity index is 938. The van der Waals surface area contributed by atoms with Crippen LogP contribution in [0, 0.1) is 0 Å². The van der Waals surface area contributed by atoms with E-state index in [1.807, 2.05) is 42.5 Å². The third-order valence-corrected chi connectivity index (χ3v) is 4.30. The van der Waals surface area contributed by atoms with Crippen LogP contribution in [0.4, 0.5) is 5.69 Å². The summed E-state index contributed by atoms with van der Waals surface area (Å²) in [4.78, 5) is 12.7. The highest BCUT2D eigenvalue weighted by atomic mass is 16.5. The lowest BCUT2D eigenvalue weighted by Crippen LogP contribution is -2.13. The zero-order valence-electron chi connectivity index (χ0n) is 16.7. The van der Waals surface area contributed by atoms with Crippen LogP contribution in [0.5, 0.6) is 23.0 Å². The number of amides is 1. The number of carbonyl (C=O) groups excluding carboxylic acids is 1. The van der Waals surface area contributed by atoms with E-state index in [4.69, 9.17) is 14.2 Å². The summed E-state index contributed by atoms with van der Waals surface area (Å²) >= 11 is 0. The third kappa shape index (κ3) is 5.51. The number of rotatable bonds is 9. The van der Waals surface area contributed by atoms with E-state index in [-0.39, 0.29) is 5.91 Å². The van der Waals surface area contributed by atoms with Crippen molar-refractivity contribution >= 4 is 11.6 Å². The predicted octanol–water partition coefficient (Wildman–Crippen LogP) is 5.92. The van der Waals surface area contributed by atoms with Crippen LogP contribution in [0.3, 0.4) is 0 Å². The smallest absolute Gasteiger partial charge is 0.259 e. The molecule has 3 aromatic carbocycles. The Morgan fingerprint density at radius 2 is 1.52 bits per heavy atom. The molecule has 5 heteroatoms. The van der Waals surface area contributed by atoms with Crippen LogP contribution in [-0.2, 0) is 0 Å². The molecule has 0 spiro atoms. The predicted molar refractivity (Wildman–Crippen MR) is 114 cm³/mol. The Labute approximate surface area is 171 Å². The van der Waals surface area contributed by atoms with Gasteiger partial charge < -0.3 is 19.5 Å². The molecule has 0 unspecified atom stereocenters. The second-order valence-electron chi connectivity index (χ2n) is 6.43. The van der Waals surface area contributed by atoms with Crippen LogP contribution in [0.25, 0.3) is 0 Å². The fourth-order valence-corrected chi connectivity index (χ4v) is 2.74. The topological polar surface area (TPSA) is 56.8 Å². The van der Waals surface area contributed by atoms with Crippen molar-refractivity contribution in [1.82, 2.24) is 0 Å². The molecular weight excluding hydrogens is 366 g/mol. The minimum Gasteiger partial charge on any atom is -0.493 e. The first-order valence-electron chi connectivity index (χ1n) is 9.65. The van der Waals surface area contributed by atoms with Crippen molar-refractivity contribution in [2.24, 2.45) is 0 Å². The minimum absolute atomic E-state index is 0.213. The van der Waals surface area contributed by atoms with Crippen LogP contribution in [0.15, 0.2) is 72.8 Å².